The molecule has 0 saturated carbocycles. The van der Waals surface area contributed by atoms with Gasteiger partial charge in [0.15, 0.2) is 0 Å². The first-order valence-electron chi connectivity index (χ1n) is 5.96. The molecule has 1 rings (SSSR count). The van der Waals surface area contributed by atoms with Gasteiger partial charge in [0.2, 0.25) is 5.88 Å². The highest BCUT2D eigenvalue weighted by Crippen LogP contribution is 2.21. The van der Waals surface area contributed by atoms with Crippen molar-refractivity contribution in [3.63, 3.8) is 0 Å². The van der Waals surface area contributed by atoms with E-state index in [1.54, 1.807) is 12.3 Å². The lowest BCUT2D eigenvalue weighted by Gasteiger charge is -2.12. The summed E-state index contributed by atoms with van der Waals surface area (Å²) >= 11 is 0. The van der Waals surface area contributed by atoms with Crippen LogP contribution in [0.3, 0.4) is 0 Å². The van der Waals surface area contributed by atoms with Crippen molar-refractivity contribution in [3.05, 3.63) is 12.1 Å². The molecule has 1 aromatic heterocycles. The molecule has 102 valence electrons. The van der Waals surface area contributed by atoms with Crippen LogP contribution in [0.25, 0.3) is 0 Å². The van der Waals surface area contributed by atoms with Gasteiger partial charge in [0, 0.05) is 29.4 Å². The Morgan fingerprint density at radius 1 is 1.50 bits per heavy atom. The number of pyridine rings is 1. The Bertz CT molecular complexity index is 410. The summed E-state index contributed by atoms with van der Waals surface area (Å²) in [4.78, 5) is 4.29. The summed E-state index contributed by atoms with van der Waals surface area (Å²) in [5, 5.41) is 3.16. The van der Waals surface area contributed by atoms with Crippen molar-refractivity contribution >= 4 is 22.3 Å². The van der Waals surface area contributed by atoms with Gasteiger partial charge in [0.25, 0.3) is 0 Å². The zero-order valence-corrected chi connectivity index (χ0v) is 11.9. The molecule has 0 aliphatic heterocycles. The van der Waals surface area contributed by atoms with Gasteiger partial charge in [-0.1, -0.05) is 0 Å². The molecular weight excluding hydrogens is 250 g/mol. The molecular formula is C12H21N3O2S. The maximum absolute atomic E-state index is 10.9. The zero-order chi connectivity index (χ0) is 13.5. The van der Waals surface area contributed by atoms with Gasteiger partial charge in [-0.2, -0.15) is 4.98 Å². The molecule has 18 heavy (non-hydrogen) atoms. The summed E-state index contributed by atoms with van der Waals surface area (Å²) in [6.45, 7) is 4.59. The monoisotopic (exact) mass is 271 g/mol. The molecule has 1 aromatic rings. The second-order valence-corrected chi connectivity index (χ2v) is 5.87. The minimum atomic E-state index is -0.744. The number of hydrogen-bond donors (Lipinski definition) is 2. The van der Waals surface area contributed by atoms with Crippen LogP contribution in [0.1, 0.15) is 20.3 Å². The smallest absolute Gasteiger partial charge is 0.239 e. The topological polar surface area (TPSA) is 77.2 Å². The molecule has 1 unspecified atom stereocenters. The predicted molar refractivity (Wildman–Crippen MR) is 76.5 cm³/mol. The van der Waals surface area contributed by atoms with Crippen LogP contribution in [0.15, 0.2) is 12.1 Å². The van der Waals surface area contributed by atoms with Crippen LogP contribution in [0.4, 0.5) is 11.5 Å². The van der Waals surface area contributed by atoms with Gasteiger partial charge < -0.3 is 15.8 Å². The summed E-state index contributed by atoms with van der Waals surface area (Å²) < 4.78 is 16.4. The average molecular weight is 271 g/mol. The van der Waals surface area contributed by atoms with Crippen molar-refractivity contribution in [2.45, 2.75) is 26.4 Å². The van der Waals surface area contributed by atoms with E-state index in [1.807, 2.05) is 19.9 Å². The molecule has 0 spiro atoms. The van der Waals surface area contributed by atoms with Crippen LogP contribution in [-0.2, 0) is 10.8 Å². The highest BCUT2D eigenvalue weighted by Gasteiger charge is 2.06. The molecule has 1 heterocycles. The summed E-state index contributed by atoms with van der Waals surface area (Å²) in [7, 11) is -0.744. The van der Waals surface area contributed by atoms with Crippen molar-refractivity contribution in [2.24, 2.45) is 0 Å². The number of hydrogen-bond acceptors (Lipinski definition) is 5. The fourth-order valence-corrected chi connectivity index (χ4v) is 1.91. The van der Waals surface area contributed by atoms with E-state index in [0.717, 1.165) is 18.8 Å². The molecule has 0 radical (unpaired) electrons. The normalized spacial score (nSPS) is 12.4. The fourth-order valence-electron chi connectivity index (χ4n) is 1.36. The van der Waals surface area contributed by atoms with E-state index in [2.05, 4.69) is 10.3 Å². The fraction of sp³-hybridized carbons (Fsp3) is 0.583. The zero-order valence-electron chi connectivity index (χ0n) is 11.1. The molecule has 0 aromatic carbocycles. The Morgan fingerprint density at radius 3 is 2.83 bits per heavy atom. The maximum Gasteiger partial charge on any atom is 0.239 e. The Morgan fingerprint density at radius 2 is 2.22 bits per heavy atom. The summed E-state index contributed by atoms with van der Waals surface area (Å²) in [6, 6.07) is 3.58. The summed E-state index contributed by atoms with van der Waals surface area (Å²) in [5.74, 6) is 1.87. The minimum Gasteiger partial charge on any atom is -0.473 e. The van der Waals surface area contributed by atoms with E-state index in [-0.39, 0.29) is 6.10 Å². The third-order valence-electron chi connectivity index (χ3n) is 2.15. The first kappa shape index (κ1) is 14.8. The second kappa shape index (κ2) is 7.20. The van der Waals surface area contributed by atoms with Crippen LogP contribution < -0.4 is 15.8 Å². The highest BCUT2D eigenvalue weighted by molar-refractivity contribution is 7.84. The van der Waals surface area contributed by atoms with Gasteiger partial charge in [0.1, 0.15) is 5.82 Å². The third-order valence-corrected chi connectivity index (χ3v) is 3.02. The summed E-state index contributed by atoms with van der Waals surface area (Å²) in [6.07, 6.45) is 2.59. The Balaban J connectivity index is 2.53. The lowest BCUT2D eigenvalue weighted by molar-refractivity contribution is 0.234. The standard InChI is InChI=1S/C12H21N3O2S/c1-9(2)17-12-10(13)5-6-11(15-12)14-7-4-8-18(3)16/h5-6,9H,4,7-8,13H2,1-3H3,(H,14,15). The van der Waals surface area contributed by atoms with Crippen molar-refractivity contribution in [1.29, 1.82) is 0 Å². The number of nitrogens with one attached hydrogen (secondary N) is 1. The molecule has 3 N–H and O–H groups in total. The number of rotatable bonds is 7. The Labute approximate surface area is 111 Å². The number of aromatic nitrogens is 1. The van der Waals surface area contributed by atoms with Crippen LogP contribution in [0.5, 0.6) is 5.88 Å². The molecule has 0 aliphatic rings. The molecule has 0 aliphatic carbocycles. The number of anilines is 2. The molecule has 1 atom stereocenters. The van der Waals surface area contributed by atoms with E-state index in [1.165, 1.54) is 0 Å². The van der Waals surface area contributed by atoms with Gasteiger partial charge in [-0.3, -0.25) is 4.21 Å². The highest BCUT2D eigenvalue weighted by atomic mass is 32.2. The van der Waals surface area contributed by atoms with Crippen LogP contribution >= 0.6 is 0 Å². The van der Waals surface area contributed by atoms with Gasteiger partial charge in [-0.15, -0.1) is 0 Å². The first-order chi connectivity index (χ1) is 8.49. The number of nitrogens with two attached hydrogens (primary N) is 1. The van der Waals surface area contributed by atoms with E-state index < -0.39 is 10.8 Å². The number of nitrogens with zero attached hydrogens (tertiary/aromatic N) is 1. The van der Waals surface area contributed by atoms with Gasteiger partial charge in [-0.05, 0) is 32.4 Å². The lowest BCUT2D eigenvalue weighted by atomic mass is 10.3. The quantitative estimate of drug-likeness (QED) is 0.737. The van der Waals surface area contributed by atoms with Crippen molar-refractivity contribution in [2.75, 3.05) is 29.6 Å². The molecule has 0 saturated heterocycles. The summed E-state index contributed by atoms with van der Waals surface area (Å²) in [5.41, 5.74) is 6.31. The van der Waals surface area contributed by atoms with Gasteiger partial charge in [0.05, 0.1) is 11.8 Å². The van der Waals surface area contributed by atoms with Gasteiger partial charge >= 0.3 is 0 Å². The van der Waals surface area contributed by atoms with E-state index in [0.29, 0.717) is 17.3 Å². The van der Waals surface area contributed by atoms with E-state index in [4.69, 9.17) is 10.5 Å². The maximum atomic E-state index is 10.9. The SMILES string of the molecule is CC(C)Oc1nc(NCCCS(C)=O)ccc1N. The number of nitrogen functional groups attached to an aromatic ring is 1. The van der Waals surface area contributed by atoms with E-state index >= 15 is 0 Å². The molecule has 5 nitrogen and oxygen atoms in total. The predicted octanol–water partition coefficient (Wildman–Crippen LogP) is 1.63. The molecule has 0 bridgehead atoms. The van der Waals surface area contributed by atoms with Crippen molar-refractivity contribution < 1.29 is 8.95 Å². The first-order valence-corrected chi connectivity index (χ1v) is 7.69. The molecule has 6 heteroatoms. The molecule has 0 fully saturated rings. The van der Waals surface area contributed by atoms with Crippen molar-refractivity contribution in [3.8, 4) is 5.88 Å². The Kier molecular flexibility index (Phi) is 5.91. The Hall–Kier alpha value is -1.30. The average Bonchev–Trinajstić information content (AvgIpc) is 2.27. The third kappa shape index (κ3) is 5.35. The lowest BCUT2D eigenvalue weighted by Crippen LogP contribution is -2.11. The van der Waals surface area contributed by atoms with Crippen LogP contribution in [-0.4, -0.2) is 33.9 Å². The van der Waals surface area contributed by atoms with Crippen LogP contribution in [0, 0.1) is 0 Å². The molecule has 0 amide bonds. The number of ether oxygens (including phenoxy) is 1. The van der Waals surface area contributed by atoms with Crippen molar-refractivity contribution in [1.82, 2.24) is 4.98 Å². The largest absolute Gasteiger partial charge is 0.473 e. The second-order valence-electron chi connectivity index (χ2n) is 4.32. The van der Waals surface area contributed by atoms with Crippen LogP contribution in [0.2, 0.25) is 0 Å². The minimum absolute atomic E-state index is 0.0394. The van der Waals surface area contributed by atoms with E-state index in [9.17, 15) is 4.21 Å². The van der Waals surface area contributed by atoms with Gasteiger partial charge in [-0.25, -0.2) is 0 Å².